The molecule has 0 radical (unpaired) electrons. The Morgan fingerprint density at radius 2 is 2.18 bits per heavy atom. The Hall–Kier alpha value is -1.39. The maximum absolute atomic E-state index is 9.46. The predicted molar refractivity (Wildman–Crippen MR) is 68.9 cm³/mol. The standard InChI is InChI=1S/C13H19N3O/c1-9-15-11-6-10(13(2,7-14)8-17)4-5-12(11)16(9)3/h4-6,17H,7-8,14H2,1-3H3. The molecule has 92 valence electrons. The number of aryl methyl sites for hydroxylation is 2. The minimum atomic E-state index is -0.389. The molecular formula is C13H19N3O. The fourth-order valence-electron chi connectivity index (χ4n) is 1.97. The highest BCUT2D eigenvalue weighted by Crippen LogP contribution is 2.25. The number of aliphatic hydroxyl groups is 1. The van der Waals surface area contributed by atoms with Crippen molar-refractivity contribution in [3.63, 3.8) is 0 Å². The molecule has 0 aliphatic carbocycles. The molecule has 3 N–H and O–H groups in total. The van der Waals surface area contributed by atoms with Crippen molar-refractivity contribution in [3.05, 3.63) is 29.6 Å². The summed E-state index contributed by atoms with van der Waals surface area (Å²) in [7, 11) is 2.00. The van der Waals surface area contributed by atoms with E-state index in [1.54, 1.807) is 0 Å². The fraction of sp³-hybridized carbons (Fsp3) is 0.462. The highest BCUT2D eigenvalue weighted by Gasteiger charge is 2.24. The Morgan fingerprint density at radius 1 is 1.47 bits per heavy atom. The molecule has 0 saturated carbocycles. The van der Waals surface area contributed by atoms with Crippen LogP contribution in [0.2, 0.25) is 0 Å². The van der Waals surface area contributed by atoms with Crippen LogP contribution in [0.4, 0.5) is 0 Å². The third kappa shape index (κ3) is 1.83. The van der Waals surface area contributed by atoms with Crippen LogP contribution in [0.1, 0.15) is 18.3 Å². The average molecular weight is 233 g/mol. The van der Waals surface area contributed by atoms with Crippen molar-refractivity contribution in [1.82, 2.24) is 9.55 Å². The molecule has 0 fully saturated rings. The SMILES string of the molecule is Cc1nc2cc(C(C)(CN)CO)ccc2n1C. The van der Waals surface area contributed by atoms with Crippen molar-refractivity contribution in [2.24, 2.45) is 12.8 Å². The molecule has 1 unspecified atom stereocenters. The number of fused-ring (bicyclic) bond motifs is 1. The quantitative estimate of drug-likeness (QED) is 0.834. The molecule has 4 heteroatoms. The molecule has 2 aromatic rings. The van der Waals surface area contributed by atoms with E-state index in [4.69, 9.17) is 5.73 Å². The van der Waals surface area contributed by atoms with Gasteiger partial charge in [0.2, 0.25) is 0 Å². The van der Waals surface area contributed by atoms with Crippen molar-refractivity contribution in [2.75, 3.05) is 13.2 Å². The van der Waals surface area contributed by atoms with Gasteiger partial charge >= 0.3 is 0 Å². The highest BCUT2D eigenvalue weighted by atomic mass is 16.3. The summed E-state index contributed by atoms with van der Waals surface area (Å²) in [6, 6.07) is 6.08. The van der Waals surface area contributed by atoms with Crippen molar-refractivity contribution >= 4 is 11.0 Å². The van der Waals surface area contributed by atoms with Gasteiger partial charge in [0.15, 0.2) is 0 Å². The molecule has 0 aliphatic heterocycles. The van der Waals surface area contributed by atoms with Gasteiger partial charge in [-0.05, 0) is 24.6 Å². The molecule has 0 amide bonds. The Morgan fingerprint density at radius 3 is 2.76 bits per heavy atom. The van der Waals surface area contributed by atoms with E-state index in [9.17, 15) is 5.11 Å². The highest BCUT2D eigenvalue weighted by molar-refractivity contribution is 5.77. The number of hydrogen-bond donors (Lipinski definition) is 2. The lowest BCUT2D eigenvalue weighted by Crippen LogP contribution is -2.35. The van der Waals surface area contributed by atoms with Crippen LogP contribution in [-0.2, 0) is 12.5 Å². The van der Waals surface area contributed by atoms with E-state index in [-0.39, 0.29) is 12.0 Å². The summed E-state index contributed by atoms with van der Waals surface area (Å²) >= 11 is 0. The summed E-state index contributed by atoms with van der Waals surface area (Å²) in [6.45, 7) is 4.40. The van der Waals surface area contributed by atoms with E-state index in [1.807, 2.05) is 39.1 Å². The lowest BCUT2D eigenvalue weighted by Gasteiger charge is -2.25. The number of hydrogen-bond acceptors (Lipinski definition) is 3. The van der Waals surface area contributed by atoms with Gasteiger partial charge in [-0.2, -0.15) is 0 Å². The van der Waals surface area contributed by atoms with Crippen molar-refractivity contribution < 1.29 is 5.11 Å². The van der Waals surface area contributed by atoms with Crippen molar-refractivity contribution in [1.29, 1.82) is 0 Å². The van der Waals surface area contributed by atoms with Crippen LogP contribution >= 0.6 is 0 Å². The van der Waals surface area contributed by atoms with Gasteiger partial charge in [0.25, 0.3) is 0 Å². The monoisotopic (exact) mass is 233 g/mol. The third-order valence-electron chi connectivity index (χ3n) is 3.60. The normalized spacial score (nSPS) is 15.1. The molecule has 1 aromatic heterocycles. The smallest absolute Gasteiger partial charge is 0.106 e. The molecule has 0 saturated heterocycles. The van der Waals surface area contributed by atoms with Gasteiger partial charge in [0.05, 0.1) is 17.6 Å². The molecule has 1 aromatic carbocycles. The van der Waals surface area contributed by atoms with Gasteiger partial charge in [-0.1, -0.05) is 13.0 Å². The van der Waals surface area contributed by atoms with E-state index >= 15 is 0 Å². The van der Waals surface area contributed by atoms with Gasteiger partial charge in [-0.25, -0.2) is 4.98 Å². The molecule has 17 heavy (non-hydrogen) atoms. The fourth-order valence-corrected chi connectivity index (χ4v) is 1.97. The summed E-state index contributed by atoms with van der Waals surface area (Å²) < 4.78 is 2.05. The topological polar surface area (TPSA) is 64.1 Å². The second-order valence-electron chi connectivity index (χ2n) is 4.84. The van der Waals surface area contributed by atoms with E-state index in [0.717, 1.165) is 22.4 Å². The van der Waals surface area contributed by atoms with Gasteiger partial charge in [0, 0.05) is 19.0 Å². The Balaban J connectivity index is 2.59. The zero-order chi connectivity index (χ0) is 12.6. The van der Waals surface area contributed by atoms with Crippen LogP contribution in [0.5, 0.6) is 0 Å². The first-order valence-electron chi connectivity index (χ1n) is 5.76. The molecule has 1 heterocycles. The lowest BCUT2D eigenvalue weighted by molar-refractivity contribution is 0.210. The van der Waals surface area contributed by atoms with Gasteiger partial charge in [-0.15, -0.1) is 0 Å². The third-order valence-corrected chi connectivity index (χ3v) is 3.60. The van der Waals surface area contributed by atoms with Crippen LogP contribution in [0, 0.1) is 6.92 Å². The predicted octanol–water partition coefficient (Wildman–Crippen LogP) is 1.09. The van der Waals surface area contributed by atoms with Gasteiger partial charge in [-0.3, -0.25) is 0 Å². The Labute approximate surface area is 101 Å². The first kappa shape index (κ1) is 12.1. The van der Waals surface area contributed by atoms with E-state index < -0.39 is 0 Å². The number of nitrogens with two attached hydrogens (primary N) is 1. The largest absolute Gasteiger partial charge is 0.395 e. The van der Waals surface area contributed by atoms with Crippen LogP contribution < -0.4 is 5.73 Å². The number of rotatable bonds is 3. The second-order valence-corrected chi connectivity index (χ2v) is 4.84. The number of nitrogens with zero attached hydrogens (tertiary/aromatic N) is 2. The molecule has 4 nitrogen and oxygen atoms in total. The van der Waals surface area contributed by atoms with E-state index in [0.29, 0.717) is 6.54 Å². The molecule has 1 atom stereocenters. The molecule has 0 bridgehead atoms. The molecule has 0 spiro atoms. The minimum Gasteiger partial charge on any atom is -0.395 e. The number of aromatic nitrogens is 2. The zero-order valence-electron chi connectivity index (χ0n) is 10.6. The second kappa shape index (κ2) is 4.13. The Bertz CT molecular complexity index is 541. The average Bonchev–Trinajstić information content (AvgIpc) is 2.63. The Kier molecular flexibility index (Phi) is 2.93. The summed E-state index contributed by atoms with van der Waals surface area (Å²) in [4.78, 5) is 4.50. The summed E-state index contributed by atoms with van der Waals surface area (Å²) in [5.41, 5.74) is 8.44. The first-order chi connectivity index (χ1) is 8.01. The maximum atomic E-state index is 9.46. The maximum Gasteiger partial charge on any atom is 0.106 e. The van der Waals surface area contributed by atoms with Crippen LogP contribution in [0.15, 0.2) is 18.2 Å². The van der Waals surface area contributed by atoms with Gasteiger partial charge < -0.3 is 15.4 Å². The van der Waals surface area contributed by atoms with Crippen LogP contribution in [0.25, 0.3) is 11.0 Å². The molecular weight excluding hydrogens is 214 g/mol. The van der Waals surface area contributed by atoms with Crippen molar-refractivity contribution in [3.8, 4) is 0 Å². The number of imidazole rings is 1. The number of benzene rings is 1. The summed E-state index contributed by atoms with van der Waals surface area (Å²) in [5, 5.41) is 9.46. The lowest BCUT2D eigenvalue weighted by atomic mass is 9.83. The molecule has 2 rings (SSSR count). The van der Waals surface area contributed by atoms with Crippen LogP contribution in [-0.4, -0.2) is 27.8 Å². The minimum absolute atomic E-state index is 0.0425. The molecule has 0 aliphatic rings. The van der Waals surface area contributed by atoms with E-state index in [1.165, 1.54) is 0 Å². The first-order valence-corrected chi connectivity index (χ1v) is 5.76. The van der Waals surface area contributed by atoms with Crippen LogP contribution in [0.3, 0.4) is 0 Å². The summed E-state index contributed by atoms with van der Waals surface area (Å²) in [6.07, 6.45) is 0. The summed E-state index contributed by atoms with van der Waals surface area (Å²) in [5.74, 6) is 0.982. The van der Waals surface area contributed by atoms with Crippen molar-refractivity contribution in [2.45, 2.75) is 19.3 Å². The number of aliphatic hydroxyl groups excluding tert-OH is 1. The van der Waals surface area contributed by atoms with Gasteiger partial charge in [0.1, 0.15) is 5.82 Å². The van der Waals surface area contributed by atoms with E-state index in [2.05, 4.69) is 9.55 Å². The zero-order valence-corrected chi connectivity index (χ0v) is 10.6.